The molecule has 0 fully saturated rings. The Kier molecular flexibility index (Phi) is 9.18. The molecule has 0 saturated heterocycles. The number of nitriles is 2. The highest BCUT2D eigenvalue weighted by atomic mass is 19.4. The molecule has 2 heterocycles. The summed E-state index contributed by atoms with van der Waals surface area (Å²) in [7, 11) is 0. The van der Waals surface area contributed by atoms with E-state index >= 15 is 0 Å². The van der Waals surface area contributed by atoms with E-state index in [-0.39, 0.29) is 22.1 Å². The van der Waals surface area contributed by atoms with Crippen LogP contribution in [-0.4, -0.2) is 9.13 Å². The van der Waals surface area contributed by atoms with Gasteiger partial charge in [0.1, 0.15) is 6.07 Å². The molecule has 0 atom stereocenters. The largest absolute Gasteiger partial charge is 0.417 e. The lowest BCUT2D eigenvalue weighted by molar-refractivity contribution is -0.138. The predicted molar refractivity (Wildman–Crippen MR) is 195 cm³/mol. The molecular formula is C43H17F15N4. The summed E-state index contributed by atoms with van der Waals surface area (Å²) in [6.45, 7) is 0. The number of alkyl halides is 15. The molecule has 62 heavy (non-hydrogen) atoms. The number of halogens is 15. The quantitative estimate of drug-likeness (QED) is 0.166. The van der Waals surface area contributed by atoms with E-state index in [1.807, 2.05) is 6.07 Å². The van der Waals surface area contributed by atoms with Crippen LogP contribution in [0, 0.1) is 22.7 Å². The van der Waals surface area contributed by atoms with E-state index in [1.165, 1.54) is 0 Å². The molecule has 0 bridgehead atoms. The first kappa shape index (κ1) is 41.6. The summed E-state index contributed by atoms with van der Waals surface area (Å²) in [6, 6.07) is 15.6. The second kappa shape index (κ2) is 13.7. The molecule has 19 heteroatoms. The van der Waals surface area contributed by atoms with E-state index in [9.17, 15) is 76.4 Å². The standard InChI is InChI=1S/C43H17F15N4/c44-39(45,46)22-2-7-33-27(13-22)28-14-23(40(47,48)49)3-8-34(28)61(33)37-17-31(26-6-1-20(18-59)11-32(26)43(56,57)58)38(12-21(37)19-60)62-35-9-4-24(41(50,51)52)15-29(35)30-16-25(42(53,54)55)5-10-36(30)62/h1-17H. The van der Waals surface area contributed by atoms with Gasteiger partial charge in [-0.05, 0) is 103 Å². The Morgan fingerprint density at radius 1 is 0.355 bits per heavy atom. The van der Waals surface area contributed by atoms with Gasteiger partial charge in [0.2, 0.25) is 0 Å². The summed E-state index contributed by atoms with van der Waals surface area (Å²) in [4.78, 5) is 0. The molecule has 6 aromatic carbocycles. The molecule has 0 spiro atoms. The Labute approximate surface area is 336 Å². The van der Waals surface area contributed by atoms with Gasteiger partial charge < -0.3 is 9.13 Å². The summed E-state index contributed by atoms with van der Waals surface area (Å²) in [6.07, 6.45) is -25.3. The number of aromatic nitrogens is 2. The Hall–Kier alpha value is -7.15. The first-order valence-corrected chi connectivity index (χ1v) is 17.5. The van der Waals surface area contributed by atoms with E-state index in [2.05, 4.69) is 0 Å². The maximum Gasteiger partial charge on any atom is 0.417 e. The number of rotatable bonds is 3. The van der Waals surface area contributed by atoms with Crippen LogP contribution in [0.15, 0.2) is 103 Å². The minimum absolute atomic E-state index is 0.241. The van der Waals surface area contributed by atoms with Crippen LogP contribution in [0.2, 0.25) is 0 Å². The molecule has 314 valence electrons. The zero-order valence-corrected chi connectivity index (χ0v) is 30.3. The maximum atomic E-state index is 15.0. The van der Waals surface area contributed by atoms with E-state index in [1.54, 1.807) is 6.07 Å². The van der Waals surface area contributed by atoms with E-state index in [4.69, 9.17) is 0 Å². The molecule has 8 rings (SSSR count). The van der Waals surface area contributed by atoms with Crippen LogP contribution < -0.4 is 0 Å². The summed E-state index contributed by atoms with van der Waals surface area (Å²) < 4.78 is 215. The monoisotopic (exact) mass is 874 g/mol. The fourth-order valence-corrected chi connectivity index (χ4v) is 7.61. The van der Waals surface area contributed by atoms with E-state index in [0.29, 0.717) is 54.6 Å². The van der Waals surface area contributed by atoms with Crippen molar-refractivity contribution in [3.63, 3.8) is 0 Å². The lowest BCUT2D eigenvalue weighted by atomic mass is 9.93. The van der Waals surface area contributed by atoms with Gasteiger partial charge in [-0.3, -0.25) is 0 Å². The SMILES string of the molecule is N#Cc1ccc(-c2cc(-n3c4ccc(C(F)(F)F)cc4c4cc(C(F)(F)F)ccc43)c(C#N)cc2-n2c3ccc(C(F)(F)F)cc3c3cc(C(F)(F)F)ccc32)c(C(F)(F)F)c1. The average molecular weight is 875 g/mol. The molecule has 4 nitrogen and oxygen atoms in total. The van der Waals surface area contributed by atoms with Crippen LogP contribution in [-0.2, 0) is 30.9 Å². The molecule has 0 aliphatic rings. The molecule has 8 aromatic rings. The highest BCUT2D eigenvalue weighted by molar-refractivity contribution is 6.12. The predicted octanol–water partition coefficient (Wildman–Crippen LogP) is 14.4. The average Bonchev–Trinajstić information content (AvgIpc) is 3.69. The van der Waals surface area contributed by atoms with Crippen molar-refractivity contribution in [3.05, 3.63) is 142 Å². The van der Waals surface area contributed by atoms with Gasteiger partial charge in [0.05, 0.1) is 78.5 Å². The van der Waals surface area contributed by atoms with Crippen molar-refractivity contribution in [2.24, 2.45) is 0 Å². The second-order valence-corrected chi connectivity index (χ2v) is 14.0. The third-order valence-corrected chi connectivity index (χ3v) is 10.3. The Morgan fingerprint density at radius 3 is 1.05 bits per heavy atom. The number of hydrogen-bond acceptors (Lipinski definition) is 2. The van der Waals surface area contributed by atoms with Crippen LogP contribution in [0.25, 0.3) is 66.1 Å². The molecule has 0 aliphatic heterocycles. The lowest BCUT2D eigenvalue weighted by Gasteiger charge is -2.21. The summed E-state index contributed by atoms with van der Waals surface area (Å²) in [5.74, 6) is 0. The molecule has 0 N–H and O–H groups in total. The molecule has 0 unspecified atom stereocenters. The smallest absolute Gasteiger partial charge is 0.309 e. The molecular weight excluding hydrogens is 857 g/mol. The summed E-state index contributed by atoms with van der Waals surface area (Å²) in [5.41, 5.74) is -10.7. The van der Waals surface area contributed by atoms with Crippen LogP contribution in [0.1, 0.15) is 38.9 Å². The highest BCUT2D eigenvalue weighted by Gasteiger charge is 2.38. The van der Waals surface area contributed by atoms with Gasteiger partial charge in [-0.1, -0.05) is 6.07 Å². The van der Waals surface area contributed by atoms with Crippen molar-refractivity contribution >= 4 is 43.6 Å². The normalized spacial score (nSPS) is 13.0. The highest BCUT2D eigenvalue weighted by Crippen LogP contribution is 2.47. The van der Waals surface area contributed by atoms with Crippen molar-refractivity contribution in [1.82, 2.24) is 9.13 Å². The third kappa shape index (κ3) is 6.87. The van der Waals surface area contributed by atoms with Crippen molar-refractivity contribution in [2.45, 2.75) is 30.9 Å². The fourth-order valence-electron chi connectivity index (χ4n) is 7.61. The lowest BCUT2D eigenvalue weighted by Crippen LogP contribution is -2.10. The zero-order chi connectivity index (χ0) is 45.1. The van der Waals surface area contributed by atoms with Crippen molar-refractivity contribution in [2.75, 3.05) is 0 Å². The van der Waals surface area contributed by atoms with Gasteiger partial charge in [-0.15, -0.1) is 0 Å². The number of hydrogen-bond donors (Lipinski definition) is 0. The van der Waals surface area contributed by atoms with Gasteiger partial charge in [0, 0.05) is 27.1 Å². The molecule has 0 saturated carbocycles. The molecule has 0 aliphatic carbocycles. The van der Waals surface area contributed by atoms with Crippen LogP contribution in [0.4, 0.5) is 65.9 Å². The second-order valence-electron chi connectivity index (χ2n) is 14.0. The summed E-state index contributed by atoms with van der Waals surface area (Å²) in [5, 5.41) is 18.5. The first-order valence-electron chi connectivity index (χ1n) is 17.5. The van der Waals surface area contributed by atoms with Crippen LogP contribution >= 0.6 is 0 Å². The van der Waals surface area contributed by atoms with Crippen molar-refractivity contribution in [1.29, 1.82) is 10.5 Å². The minimum atomic E-state index is -5.26. The maximum absolute atomic E-state index is 15.0. The van der Waals surface area contributed by atoms with Crippen molar-refractivity contribution in [3.8, 4) is 34.6 Å². The van der Waals surface area contributed by atoms with Gasteiger partial charge >= 0.3 is 30.9 Å². The van der Waals surface area contributed by atoms with Gasteiger partial charge in [0.25, 0.3) is 0 Å². The van der Waals surface area contributed by atoms with Gasteiger partial charge in [-0.25, -0.2) is 0 Å². The Balaban J connectivity index is 1.56. The van der Waals surface area contributed by atoms with Gasteiger partial charge in [0.15, 0.2) is 0 Å². The van der Waals surface area contributed by atoms with Crippen molar-refractivity contribution < 1.29 is 65.9 Å². The minimum Gasteiger partial charge on any atom is -0.309 e. The van der Waals surface area contributed by atoms with Crippen LogP contribution in [0.5, 0.6) is 0 Å². The summed E-state index contributed by atoms with van der Waals surface area (Å²) >= 11 is 0. The van der Waals surface area contributed by atoms with E-state index in [0.717, 1.165) is 57.7 Å². The topological polar surface area (TPSA) is 57.4 Å². The first-order chi connectivity index (χ1) is 28.8. The van der Waals surface area contributed by atoms with Crippen LogP contribution in [0.3, 0.4) is 0 Å². The van der Waals surface area contributed by atoms with Gasteiger partial charge in [-0.2, -0.15) is 76.4 Å². The third-order valence-electron chi connectivity index (χ3n) is 10.3. The Morgan fingerprint density at radius 2 is 0.726 bits per heavy atom. The number of fused-ring (bicyclic) bond motifs is 6. The molecule has 2 aromatic heterocycles. The number of benzene rings is 6. The number of nitrogens with zero attached hydrogens (tertiary/aromatic N) is 4. The Bertz CT molecular complexity index is 3110. The molecule has 0 radical (unpaired) electrons. The molecule has 0 amide bonds. The van der Waals surface area contributed by atoms with E-state index < -0.39 is 114 Å². The fraction of sp³-hybridized carbons (Fsp3) is 0.116. The zero-order valence-electron chi connectivity index (χ0n) is 30.3.